The standard InChI is InChI=1S/C14H17FN4O2/c1-2-6-16-7-12-9-18(10-17-12)8-11-4-3-5-13(14(11)15)19(20)21/h3-5,9-10,16H,2,6-8H2,1H3. The molecule has 2 aromatic rings. The summed E-state index contributed by atoms with van der Waals surface area (Å²) in [4.78, 5) is 14.2. The summed E-state index contributed by atoms with van der Waals surface area (Å²) < 4.78 is 15.7. The summed E-state index contributed by atoms with van der Waals surface area (Å²) in [5.74, 6) is -0.790. The summed E-state index contributed by atoms with van der Waals surface area (Å²) in [7, 11) is 0. The van der Waals surface area contributed by atoms with E-state index < -0.39 is 16.4 Å². The number of aromatic nitrogens is 2. The van der Waals surface area contributed by atoms with E-state index in [0.29, 0.717) is 6.54 Å². The molecule has 0 aliphatic heterocycles. The number of halogens is 1. The lowest BCUT2D eigenvalue weighted by Gasteiger charge is -2.04. The van der Waals surface area contributed by atoms with E-state index >= 15 is 0 Å². The summed E-state index contributed by atoms with van der Waals surface area (Å²) in [6.07, 6.45) is 4.45. The lowest BCUT2D eigenvalue weighted by Crippen LogP contribution is -2.13. The van der Waals surface area contributed by atoms with Gasteiger partial charge in [0.05, 0.1) is 23.5 Å². The Hall–Kier alpha value is -2.28. The van der Waals surface area contributed by atoms with Crippen molar-refractivity contribution in [2.45, 2.75) is 26.4 Å². The Labute approximate surface area is 121 Å². The first kappa shape index (κ1) is 15.1. The van der Waals surface area contributed by atoms with Crippen LogP contribution in [0.3, 0.4) is 0 Å². The van der Waals surface area contributed by atoms with Crippen LogP contribution < -0.4 is 5.32 Å². The molecule has 1 aromatic carbocycles. The molecule has 2 rings (SSSR count). The van der Waals surface area contributed by atoms with E-state index in [-0.39, 0.29) is 12.1 Å². The van der Waals surface area contributed by atoms with Crippen LogP contribution in [0.4, 0.5) is 10.1 Å². The molecule has 0 radical (unpaired) electrons. The number of nitro benzene ring substituents is 1. The Balaban J connectivity index is 2.08. The Morgan fingerprint density at radius 2 is 2.29 bits per heavy atom. The van der Waals surface area contributed by atoms with Crippen LogP contribution in [-0.4, -0.2) is 21.0 Å². The largest absolute Gasteiger partial charge is 0.333 e. The molecule has 0 saturated heterocycles. The third kappa shape index (κ3) is 3.85. The highest BCUT2D eigenvalue weighted by Crippen LogP contribution is 2.20. The molecule has 7 heteroatoms. The first-order chi connectivity index (χ1) is 10.1. The van der Waals surface area contributed by atoms with Crippen molar-refractivity contribution in [2.24, 2.45) is 0 Å². The number of imidazole rings is 1. The average Bonchev–Trinajstić information content (AvgIpc) is 2.89. The van der Waals surface area contributed by atoms with Gasteiger partial charge in [0.25, 0.3) is 0 Å². The minimum atomic E-state index is -0.790. The maximum absolute atomic E-state index is 14.0. The van der Waals surface area contributed by atoms with E-state index in [1.807, 2.05) is 0 Å². The Morgan fingerprint density at radius 3 is 3.00 bits per heavy atom. The molecule has 112 valence electrons. The SMILES string of the molecule is CCCNCc1cn(Cc2cccc([N+](=O)[O-])c2F)cn1. The van der Waals surface area contributed by atoms with Crippen molar-refractivity contribution in [1.29, 1.82) is 0 Å². The summed E-state index contributed by atoms with van der Waals surface area (Å²) >= 11 is 0. The predicted octanol–water partition coefficient (Wildman–Crippen LogP) is 2.48. The van der Waals surface area contributed by atoms with E-state index in [4.69, 9.17) is 0 Å². The van der Waals surface area contributed by atoms with Crippen molar-refractivity contribution in [3.05, 3.63) is 57.9 Å². The lowest BCUT2D eigenvalue weighted by atomic mass is 10.2. The van der Waals surface area contributed by atoms with Crippen molar-refractivity contribution < 1.29 is 9.31 Å². The number of nitrogens with one attached hydrogen (secondary N) is 1. The van der Waals surface area contributed by atoms with Crippen molar-refractivity contribution in [2.75, 3.05) is 6.54 Å². The van der Waals surface area contributed by atoms with Crippen LogP contribution in [0.2, 0.25) is 0 Å². The van der Waals surface area contributed by atoms with E-state index in [2.05, 4.69) is 17.2 Å². The van der Waals surface area contributed by atoms with Crippen molar-refractivity contribution >= 4 is 5.69 Å². The molecular weight excluding hydrogens is 275 g/mol. The summed E-state index contributed by atoms with van der Waals surface area (Å²) in [5, 5.41) is 13.9. The maximum Gasteiger partial charge on any atom is 0.305 e. The molecule has 21 heavy (non-hydrogen) atoms. The molecule has 1 N–H and O–H groups in total. The van der Waals surface area contributed by atoms with E-state index in [1.165, 1.54) is 12.1 Å². The quantitative estimate of drug-likeness (QED) is 0.483. The van der Waals surface area contributed by atoms with Gasteiger partial charge in [-0.3, -0.25) is 10.1 Å². The van der Waals surface area contributed by atoms with Gasteiger partial charge in [-0.05, 0) is 13.0 Å². The second-order valence-electron chi connectivity index (χ2n) is 4.72. The van der Waals surface area contributed by atoms with Crippen LogP contribution in [0.25, 0.3) is 0 Å². The molecule has 0 atom stereocenters. The normalized spacial score (nSPS) is 10.8. The first-order valence-corrected chi connectivity index (χ1v) is 6.75. The number of hydrogen-bond donors (Lipinski definition) is 1. The van der Waals surface area contributed by atoms with Gasteiger partial charge in [0.2, 0.25) is 5.82 Å². The van der Waals surface area contributed by atoms with Gasteiger partial charge in [-0.15, -0.1) is 0 Å². The van der Waals surface area contributed by atoms with Crippen LogP contribution in [0.15, 0.2) is 30.7 Å². The summed E-state index contributed by atoms with van der Waals surface area (Å²) in [5.41, 5.74) is 0.626. The van der Waals surface area contributed by atoms with Gasteiger partial charge in [0, 0.05) is 24.4 Å². The Bertz CT molecular complexity index is 627. The molecular formula is C14H17FN4O2. The second-order valence-corrected chi connectivity index (χ2v) is 4.72. The zero-order valence-electron chi connectivity index (χ0n) is 11.8. The van der Waals surface area contributed by atoms with Crippen molar-refractivity contribution in [1.82, 2.24) is 14.9 Å². The van der Waals surface area contributed by atoms with Gasteiger partial charge in [0.15, 0.2) is 0 Å². The molecule has 0 saturated carbocycles. The summed E-state index contributed by atoms with van der Waals surface area (Å²) in [6, 6.07) is 4.18. The molecule has 0 bridgehead atoms. The highest BCUT2D eigenvalue weighted by molar-refractivity contribution is 5.36. The number of rotatable bonds is 7. The second kappa shape index (κ2) is 6.94. The topological polar surface area (TPSA) is 73.0 Å². The zero-order chi connectivity index (χ0) is 15.2. The maximum atomic E-state index is 14.0. The molecule has 1 heterocycles. The highest BCUT2D eigenvalue weighted by atomic mass is 19.1. The number of nitrogens with zero attached hydrogens (tertiary/aromatic N) is 3. The molecule has 0 unspecified atom stereocenters. The third-order valence-corrected chi connectivity index (χ3v) is 3.03. The smallest absolute Gasteiger partial charge is 0.305 e. The van der Waals surface area contributed by atoms with Gasteiger partial charge < -0.3 is 9.88 Å². The number of benzene rings is 1. The zero-order valence-corrected chi connectivity index (χ0v) is 11.8. The van der Waals surface area contributed by atoms with Crippen LogP contribution in [-0.2, 0) is 13.1 Å². The average molecular weight is 292 g/mol. The molecule has 0 aliphatic rings. The molecule has 0 amide bonds. The van der Waals surface area contributed by atoms with Crippen LogP contribution in [0.5, 0.6) is 0 Å². The minimum Gasteiger partial charge on any atom is -0.333 e. The predicted molar refractivity (Wildman–Crippen MR) is 76.4 cm³/mol. The fourth-order valence-electron chi connectivity index (χ4n) is 2.00. The van der Waals surface area contributed by atoms with Crippen LogP contribution in [0.1, 0.15) is 24.6 Å². The van der Waals surface area contributed by atoms with Crippen molar-refractivity contribution in [3.8, 4) is 0 Å². The Kier molecular flexibility index (Phi) is 4.99. The van der Waals surface area contributed by atoms with E-state index in [9.17, 15) is 14.5 Å². The molecule has 6 nitrogen and oxygen atoms in total. The fraction of sp³-hybridized carbons (Fsp3) is 0.357. The van der Waals surface area contributed by atoms with Gasteiger partial charge in [-0.1, -0.05) is 19.1 Å². The van der Waals surface area contributed by atoms with Gasteiger partial charge in [-0.25, -0.2) is 4.98 Å². The van der Waals surface area contributed by atoms with E-state index in [0.717, 1.165) is 24.7 Å². The number of nitro groups is 1. The fourth-order valence-corrected chi connectivity index (χ4v) is 2.00. The van der Waals surface area contributed by atoms with E-state index in [1.54, 1.807) is 17.1 Å². The minimum absolute atomic E-state index is 0.217. The van der Waals surface area contributed by atoms with Gasteiger partial charge >= 0.3 is 5.69 Å². The molecule has 1 aromatic heterocycles. The summed E-state index contributed by atoms with van der Waals surface area (Å²) in [6.45, 7) is 3.86. The monoisotopic (exact) mass is 292 g/mol. The highest BCUT2D eigenvalue weighted by Gasteiger charge is 2.17. The third-order valence-electron chi connectivity index (χ3n) is 3.03. The molecule has 0 spiro atoms. The van der Waals surface area contributed by atoms with Gasteiger partial charge in [-0.2, -0.15) is 4.39 Å². The number of hydrogen-bond acceptors (Lipinski definition) is 4. The van der Waals surface area contributed by atoms with Crippen LogP contribution >= 0.6 is 0 Å². The molecule has 0 fully saturated rings. The lowest BCUT2D eigenvalue weighted by molar-refractivity contribution is -0.387. The van der Waals surface area contributed by atoms with Gasteiger partial charge in [0.1, 0.15) is 0 Å². The van der Waals surface area contributed by atoms with Crippen LogP contribution in [0, 0.1) is 15.9 Å². The molecule has 0 aliphatic carbocycles. The Morgan fingerprint density at radius 1 is 1.48 bits per heavy atom. The van der Waals surface area contributed by atoms with Crippen molar-refractivity contribution in [3.63, 3.8) is 0 Å². The first-order valence-electron chi connectivity index (χ1n) is 6.75.